The quantitative estimate of drug-likeness (QED) is 0.403. The summed E-state index contributed by atoms with van der Waals surface area (Å²) < 4.78 is 10.9. The third-order valence-electron chi connectivity index (χ3n) is 7.40. The van der Waals surface area contributed by atoms with Gasteiger partial charge in [-0.05, 0) is 41.5 Å². The molecule has 3 aliphatic carbocycles. The molecule has 0 spiro atoms. The number of nitrogens with zero attached hydrogens (tertiary/aromatic N) is 1. The highest BCUT2D eigenvalue weighted by Gasteiger charge is 2.65. The van der Waals surface area contributed by atoms with Crippen molar-refractivity contribution in [3.63, 3.8) is 0 Å². The van der Waals surface area contributed by atoms with Gasteiger partial charge >= 0.3 is 0 Å². The van der Waals surface area contributed by atoms with Crippen molar-refractivity contribution in [2.45, 2.75) is 50.7 Å². The van der Waals surface area contributed by atoms with Gasteiger partial charge in [0, 0.05) is 11.5 Å². The van der Waals surface area contributed by atoms with Gasteiger partial charge in [-0.1, -0.05) is 32.4 Å². The fourth-order valence-corrected chi connectivity index (χ4v) is 5.57. The van der Waals surface area contributed by atoms with Gasteiger partial charge in [0.1, 0.15) is 17.1 Å². The fraction of sp³-hybridized carbons (Fsp3) is 0.458. The third kappa shape index (κ3) is 2.75. The molecule has 3 aliphatic rings. The van der Waals surface area contributed by atoms with E-state index in [1.165, 1.54) is 6.07 Å². The molecule has 2 aromatic rings. The van der Waals surface area contributed by atoms with E-state index in [1.54, 1.807) is 12.1 Å². The number of hydrogen-bond donors (Lipinski definition) is 4. The Morgan fingerprint density at radius 2 is 2.00 bits per heavy atom. The Morgan fingerprint density at radius 3 is 2.73 bits per heavy atom. The molecule has 0 radical (unpaired) electrons. The van der Waals surface area contributed by atoms with Crippen LogP contribution in [0, 0.1) is 11.8 Å². The van der Waals surface area contributed by atoms with Crippen molar-refractivity contribution in [2.75, 3.05) is 6.61 Å². The van der Waals surface area contributed by atoms with E-state index >= 15 is 0 Å². The number of carbonyl (C=O) groups excluding carboxylic acids is 2. The second-order valence-corrected chi connectivity index (χ2v) is 9.12. The van der Waals surface area contributed by atoms with E-state index in [0.29, 0.717) is 5.56 Å². The summed E-state index contributed by atoms with van der Waals surface area (Å²) in [5.74, 6) is -4.14. The Labute approximate surface area is 189 Å². The second-order valence-electron chi connectivity index (χ2n) is 9.12. The van der Waals surface area contributed by atoms with Crippen molar-refractivity contribution in [2.24, 2.45) is 17.6 Å². The SMILES string of the molecule is CCCCOc1noc2c1C(=O)[C@@]1(O)C(=O)C3=C(O)c4c(O)cccc4[C@H](C)[C@H]3C[C@H]1[C@@H]2N. The van der Waals surface area contributed by atoms with Crippen LogP contribution in [0.3, 0.4) is 0 Å². The zero-order chi connectivity index (χ0) is 23.7. The molecule has 5 atom stereocenters. The zero-order valence-corrected chi connectivity index (χ0v) is 18.4. The molecule has 5 N–H and O–H groups in total. The molecule has 174 valence electrons. The zero-order valence-electron chi connectivity index (χ0n) is 18.4. The van der Waals surface area contributed by atoms with E-state index in [0.717, 1.165) is 12.8 Å². The predicted octanol–water partition coefficient (Wildman–Crippen LogP) is 2.78. The first-order valence-electron chi connectivity index (χ1n) is 11.2. The third-order valence-corrected chi connectivity index (χ3v) is 7.40. The van der Waals surface area contributed by atoms with Crippen LogP contribution in [0.25, 0.3) is 5.76 Å². The normalized spacial score (nSPS) is 30.4. The van der Waals surface area contributed by atoms with Crippen molar-refractivity contribution in [3.05, 3.63) is 46.2 Å². The number of carbonyl (C=O) groups is 2. The molecule has 5 rings (SSSR count). The Hall–Kier alpha value is -3.17. The maximum atomic E-state index is 13.7. The first-order valence-corrected chi connectivity index (χ1v) is 11.2. The monoisotopic (exact) mass is 454 g/mol. The summed E-state index contributed by atoms with van der Waals surface area (Å²) in [5, 5.41) is 36.8. The van der Waals surface area contributed by atoms with Crippen LogP contribution in [0.5, 0.6) is 11.6 Å². The molecule has 1 saturated carbocycles. The van der Waals surface area contributed by atoms with Crippen molar-refractivity contribution in [3.8, 4) is 11.6 Å². The number of benzene rings is 1. The van der Waals surface area contributed by atoms with Gasteiger partial charge in [-0.2, -0.15) is 0 Å². The first kappa shape index (κ1) is 21.7. The molecule has 1 fully saturated rings. The Kier molecular flexibility index (Phi) is 4.88. The lowest BCUT2D eigenvalue weighted by Gasteiger charge is -2.48. The minimum Gasteiger partial charge on any atom is -0.507 e. The van der Waals surface area contributed by atoms with Crippen LogP contribution in [0.2, 0.25) is 0 Å². The van der Waals surface area contributed by atoms with Gasteiger partial charge in [0.15, 0.2) is 11.4 Å². The maximum absolute atomic E-state index is 13.7. The number of nitrogens with two attached hydrogens (primary N) is 1. The van der Waals surface area contributed by atoms with Gasteiger partial charge in [0.05, 0.1) is 18.2 Å². The Morgan fingerprint density at radius 1 is 1.24 bits per heavy atom. The first-order chi connectivity index (χ1) is 15.7. The van der Waals surface area contributed by atoms with Gasteiger partial charge in [-0.15, -0.1) is 0 Å². The number of aliphatic hydroxyl groups excluding tert-OH is 1. The standard InChI is InChI=1S/C24H26N2O7/c1-3-4-8-32-23-17-20(33-26-23)18(25)13-9-12-10(2)11-6-5-7-14(27)15(11)19(28)16(12)21(29)24(13,31)22(17)30/h5-7,10,12-13,18,27-28,31H,3-4,8-9,25H2,1-2H3/t10-,12+,13-,18-,24-/m0/s1. The molecule has 33 heavy (non-hydrogen) atoms. The van der Waals surface area contributed by atoms with E-state index in [-0.39, 0.29) is 53.0 Å². The lowest BCUT2D eigenvalue weighted by Crippen LogP contribution is -2.63. The molecule has 0 saturated heterocycles. The van der Waals surface area contributed by atoms with Gasteiger partial charge in [-0.3, -0.25) is 9.59 Å². The van der Waals surface area contributed by atoms with Gasteiger partial charge in [0.2, 0.25) is 11.6 Å². The molecule has 0 unspecified atom stereocenters. The summed E-state index contributed by atoms with van der Waals surface area (Å²) >= 11 is 0. The maximum Gasteiger partial charge on any atom is 0.265 e. The smallest absolute Gasteiger partial charge is 0.265 e. The second kappa shape index (κ2) is 7.43. The number of rotatable bonds is 4. The fourth-order valence-electron chi connectivity index (χ4n) is 5.57. The molecule has 9 nitrogen and oxygen atoms in total. The molecule has 0 aliphatic heterocycles. The summed E-state index contributed by atoms with van der Waals surface area (Å²) in [5.41, 5.74) is 4.56. The van der Waals surface area contributed by atoms with Crippen LogP contribution in [0.15, 0.2) is 28.3 Å². The van der Waals surface area contributed by atoms with Gasteiger partial charge in [-0.25, -0.2) is 0 Å². The van der Waals surface area contributed by atoms with Crippen LogP contribution in [0.4, 0.5) is 0 Å². The van der Waals surface area contributed by atoms with Crippen LogP contribution < -0.4 is 10.5 Å². The number of aromatic hydroxyl groups is 1. The van der Waals surface area contributed by atoms with E-state index in [2.05, 4.69) is 5.16 Å². The number of unbranched alkanes of at least 4 members (excludes halogenated alkanes) is 1. The van der Waals surface area contributed by atoms with Crippen LogP contribution in [-0.2, 0) is 4.79 Å². The molecule has 9 heteroatoms. The largest absolute Gasteiger partial charge is 0.507 e. The number of fused-ring (bicyclic) bond motifs is 4. The van der Waals surface area contributed by atoms with Crippen LogP contribution in [0.1, 0.15) is 72.3 Å². The molecule has 1 heterocycles. The van der Waals surface area contributed by atoms with E-state index in [1.807, 2.05) is 13.8 Å². The summed E-state index contributed by atoms with van der Waals surface area (Å²) in [7, 11) is 0. The molecule has 0 bridgehead atoms. The number of hydrogen-bond acceptors (Lipinski definition) is 9. The van der Waals surface area contributed by atoms with Crippen molar-refractivity contribution >= 4 is 17.3 Å². The molecule has 0 amide bonds. The highest BCUT2D eigenvalue weighted by atomic mass is 16.5. The number of phenols is 1. The van der Waals surface area contributed by atoms with Gasteiger partial charge in [0.25, 0.3) is 5.88 Å². The topological polar surface area (TPSA) is 156 Å². The van der Waals surface area contributed by atoms with Crippen molar-refractivity contribution < 1.29 is 34.2 Å². The highest BCUT2D eigenvalue weighted by molar-refractivity contribution is 6.26. The molecular formula is C24H26N2O7. The summed E-state index contributed by atoms with van der Waals surface area (Å²) in [4.78, 5) is 27.3. The minimum absolute atomic E-state index is 0.0656. The number of Topliss-reactive ketones (excluding diaryl/α,β-unsaturated/α-hetero) is 2. The van der Waals surface area contributed by atoms with Crippen molar-refractivity contribution in [1.29, 1.82) is 0 Å². The van der Waals surface area contributed by atoms with Crippen molar-refractivity contribution in [1.82, 2.24) is 5.16 Å². The van der Waals surface area contributed by atoms with E-state index in [4.69, 9.17) is 15.0 Å². The minimum atomic E-state index is -2.50. The number of phenolic OH excluding ortho intramolecular Hbond substituents is 1. The lowest BCUT2D eigenvalue weighted by molar-refractivity contribution is -0.140. The Balaban J connectivity index is 1.64. The van der Waals surface area contributed by atoms with E-state index in [9.17, 15) is 24.9 Å². The summed E-state index contributed by atoms with van der Waals surface area (Å²) in [6.07, 6.45) is 1.74. The van der Waals surface area contributed by atoms with Gasteiger partial charge < -0.3 is 30.3 Å². The number of ether oxygens (including phenoxy) is 1. The number of aromatic nitrogens is 1. The summed E-state index contributed by atoms with van der Waals surface area (Å²) in [6.45, 7) is 4.15. The average molecular weight is 454 g/mol. The summed E-state index contributed by atoms with van der Waals surface area (Å²) in [6, 6.07) is 3.89. The van der Waals surface area contributed by atoms with E-state index < -0.39 is 40.8 Å². The molecule has 1 aromatic heterocycles. The predicted molar refractivity (Wildman–Crippen MR) is 116 cm³/mol. The van der Waals surface area contributed by atoms with Crippen LogP contribution >= 0.6 is 0 Å². The number of ketones is 2. The Bertz CT molecular complexity index is 1200. The lowest BCUT2D eigenvalue weighted by atomic mass is 9.55. The molecule has 1 aromatic carbocycles. The highest BCUT2D eigenvalue weighted by Crippen LogP contribution is 2.56. The van der Waals surface area contributed by atoms with Crippen LogP contribution in [-0.4, -0.2) is 44.3 Å². The molecular weight excluding hydrogens is 428 g/mol. The number of aliphatic hydroxyl groups is 2. The average Bonchev–Trinajstić information content (AvgIpc) is 3.21.